The summed E-state index contributed by atoms with van der Waals surface area (Å²) in [5, 5.41) is 10.8. The van der Waals surface area contributed by atoms with Crippen LogP contribution in [0.15, 0.2) is 30.6 Å². The Bertz CT molecular complexity index is 662. The summed E-state index contributed by atoms with van der Waals surface area (Å²) in [5.74, 6) is -0.133. The quantitative estimate of drug-likeness (QED) is 0.855. The Balaban J connectivity index is 2.51. The van der Waals surface area contributed by atoms with Crippen LogP contribution in [0.1, 0.15) is 25.0 Å². The summed E-state index contributed by atoms with van der Waals surface area (Å²) in [4.78, 5) is 4.02. The molecule has 0 radical (unpaired) electrons. The van der Waals surface area contributed by atoms with Crippen LogP contribution in [0.4, 0.5) is 4.39 Å². The van der Waals surface area contributed by atoms with Gasteiger partial charge in [0.05, 0.1) is 17.8 Å². The first kappa shape index (κ1) is 16.0. The minimum atomic E-state index is -1.53. The first-order valence-corrected chi connectivity index (χ1v) is 7.07. The zero-order chi connectivity index (χ0) is 15.6. The first-order valence-electron chi connectivity index (χ1n) is 6.32. The highest BCUT2D eigenvalue weighted by Crippen LogP contribution is 2.37. The van der Waals surface area contributed by atoms with Crippen LogP contribution in [0.3, 0.4) is 0 Å². The van der Waals surface area contributed by atoms with Crippen LogP contribution in [0.2, 0.25) is 10.0 Å². The topological polar surface area (TPSA) is 42.4 Å². The molecule has 112 valence electrons. The Hall–Kier alpha value is -1.36. The third kappa shape index (κ3) is 3.28. The van der Waals surface area contributed by atoms with Gasteiger partial charge in [0.2, 0.25) is 0 Å². The fraction of sp³-hybridized carbons (Fsp3) is 0.267. The van der Waals surface area contributed by atoms with Gasteiger partial charge in [-0.2, -0.15) is 0 Å². The number of halogens is 3. The number of hydrogen-bond acceptors (Lipinski definition) is 3. The predicted molar refractivity (Wildman–Crippen MR) is 80.5 cm³/mol. The molecular formula is C15H14Cl2FNO2. The molecule has 6 heteroatoms. The lowest BCUT2D eigenvalue weighted by molar-refractivity contribution is 0.101. The van der Waals surface area contributed by atoms with E-state index in [0.717, 1.165) is 6.07 Å². The number of aliphatic hydroxyl groups is 1. The summed E-state index contributed by atoms with van der Waals surface area (Å²) in [7, 11) is 0. The third-order valence-corrected chi connectivity index (χ3v) is 3.72. The van der Waals surface area contributed by atoms with E-state index in [-0.39, 0.29) is 15.6 Å². The van der Waals surface area contributed by atoms with Gasteiger partial charge in [0, 0.05) is 22.3 Å². The number of aromatic nitrogens is 1. The molecule has 1 atom stereocenters. The summed E-state index contributed by atoms with van der Waals surface area (Å²) >= 11 is 11.7. The van der Waals surface area contributed by atoms with Gasteiger partial charge in [-0.15, -0.1) is 0 Å². The molecule has 1 heterocycles. The third-order valence-electron chi connectivity index (χ3n) is 3.12. The van der Waals surface area contributed by atoms with Crippen molar-refractivity contribution < 1.29 is 14.2 Å². The van der Waals surface area contributed by atoms with Crippen molar-refractivity contribution in [1.82, 2.24) is 4.98 Å². The molecule has 1 aromatic heterocycles. The van der Waals surface area contributed by atoms with E-state index in [4.69, 9.17) is 27.9 Å². The predicted octanol–water partition coefficient (Wildman–Crippen LogP) is 4.18. The van der Waals surface area contributed by atoms with Crippen molar-refractivity contribution in [3.63, 3.8) is 0 Å². The molecule has 1 N–H and O–H groups in total. The Morgan fingerprint density at radius 3 is 2.62 bits per heavy atom. The molecule has 0 bridgehead atoms. The fourth-order valence-electron chi connectivity index (χ4n) is 1.98. The van der Waals surface area contributed by atoms with Crippen LogP contribution in [0, 0.1) is 5.82 Å². The van der Waals surface area contributed by atoms with Crippen LogP contribution in [-0.4, -0.2) is 16.7 Å². The van der Waals surface area contributed by atoms with E-state index in [0.29, 0.717) is 17.9 Å². The van der Waals surface area contributed by atoms with Crippen molar-refractivity contribution in [3.8, 4) is 5.75 Å². The summed E-state index contributed by atoms with van der Waals surface area (Å²) in [6, 6.07) is 4.03. The SMILES string of the molecule is CCOc1cncc(C(C)(O)c2cc(F)c(Cl)cc2Cl)c1. The van der Waals surface area contributed by atoms with E-state index in [9.17, 15) is 9.50 Å². The van der Waals surface area contributed by atoms with Crippen molar-refractivity contribution in [1.29, 1.82) is 0 Å². The number of benzene rings is 1. The van der Waals surface area contributed by atoms with Gasteiger partial charge >= 0.3 is 0 Å². The van der Waals surface area contributed by atoms with E-state index in [2.05, 4.69) is 4.98 Å². The van der Waals surface area contributed by atoms with Gasteiger partial charge < -0.3 is 9.84 Å². The van der Waals surface area contributed by atoms with Crippen molar-refractivity contribution in [2.75, 3.05) is 6.61 Å². The van der Waals surface area contributed by atoms with E-state index in [1.807, 2.05) is 6.92 Å². The summed E-state index contributed by atoms with van der Waals surface area (Å²) < 4.78 is 19.0. The molecular weight excluding hydrogens is 316 g/mol. The lowest BCUT2D eigenvalue weighted by Gasteiger charge is -2.25. The van der Waals surface area contributed by atoms with Gasteiger partial charge in [-0.3, -0.25) is 4.98 Å². The average Bonchev–Trinajstić information content (AvgIpc) is 2.43. The first-order chi connectivity index (χ1) is 9.86. The minimum absolute atomic E-state index is 0.0965. The molecule has 0 aliphatic carbocycles. The van der Waals surface area contributed by atoms with Gasteiger partial charge in [-0.05, 0) is 32.0 Å². The number of ether oxygens (including phenoxy) is 1. The maximum atomic E-state index is 13.7. The van der Waals surface area contributed by atoms with Gasteiger partial charge in [0.1, 0.15) is 17.2 Å². The molecule has 0 spiro atoms. The average molecular weight is 330 g/mol. The molecule has 0 saturated heterocycles. The minimum Gasteiger partial charge on any atom is -0.492 e. The Morgan fingerprint density at radius 2 is 1.95 bits per heavy atom. The summed E-state index contributed by atoms with van der Waals surface area (Å²) in [6.07, 6.45) is 3.01. The van der Waals surface area contributed by atoms with Gasteiger partial charge in [-0.1, -0.05) is 23.2 Å². The number of hydrogen-bond donors (Lipinski definition) is 1. The standard InChI is InChI=1S/C15H14Cl2FNO2/c1-3-21-10-4-9(7-19-8-10)15(2,20)11-5-14(18)13(17)6-12(11)16/h4-8,20H,3H2,1-2H3. The van der Waals surface area contributed by atoms with Crippen molar-refractivity contribution in [2.45, 2.75) is 19.4 Å². The van der Waals surface area contributed by atoms with Crippen LogP contribution in [0.5, 0.6) is 5.75 Å². The Labute approximate surface area is 132 Å². The zero-order valence-electron chi connectivity index (χ0n) is 11.5. The molecule has 0 aliphatic rings. The highest BCUT2D eigenvalue weighted by molar-refractivity contribution is 6.35. The summed E-state index contributed by atoms with van der Waals surface area (Å²) in [6.45, 7) is 3.83. The van der Waals surface area contributed by atoms with E-state index < -0.39 is 11.4 Å². The molecule has 0 saturated carbocycles. The highest BCUT2D eigenvalue weighted by Gasteiger charge is 2.30. The fourth-order valence-corrected chi connectivity index (χ4v) is 2.55. The highest BCUT2D eigenvalue weighted by atomic mass is 35.5. The Kier molecular flexibility index (Phi) is 4.71. The maximum absolute atomic E-state index is 13.7. The van der Waals surface area contributed by atoms with Crippen molar-refractivity contribution in [3.05, 3.63) is 57.6 Å². The molecule has 0 aliphatic heterocycles. The van der Waals surface area contributed by atoms with Crippen LogP contribution in [-0.2, 0) is 5.60 Å². The second kappa shape index (κ2) is 6.18. The Morgan fingerprint density at radius 1 is 1.24 bits per heavy atom. The lowest BCUT2D eigenvalue weighted by Crippen LogP contribution is -2.24. The van der Waals surface area contributed by atoms with Crippen molar-refractivity contribution in [2.24, 2.45) is 0 Å². The molecule has 1 aromatic carbocycles. The molecule has 0 amide bonds. The molecule has 2 aromatic rings. The molecule has 0 fully saturated rings. The molecule has 21 heavy (non-hydrogen) atoms. The smallest absolute Gasteiger partial charge is 0.142 e. The number of rotatable bonds is 4. The molecule has 1 unspecified atom stereocenters. The summed E-state index contributed by atoms with van der Waals surface area (Å²) in [5.41, 5.74) is -0.874. The monoisotopic (exact) mass is 329 g/mol. The largest absolute Gasteiger partial charge is 0.492 e. The second-order valence-electron chi connectivity index (χ2n) is 4.66. The van der Waals surface area contributed by atoms with Gasteiger partial charge in [-0.25, -0.2) is 4.39 Å². The maximum Gasteiger partial charge on any atom is 0.142 e. The van der Waals surface area contributed by atoms with E-state index >= 15 is 0 Å². The van der Waals surface area contributed by atoms with Crippen LogP contribution in [0.25, 0.3) is 0 Å². The van der Waals surface area contributed by atoms with E-state index in [1.165, 1.54) is 25.4 Å². The number of nitrogens with zero attached hydrogens (tertiary/aromatic N) is 1. The normalized spacial score (nSPS) is 13.8. The molecule has 3 nitrogen and oxygen atoms in total. The van der Waals surface area contributed by atoms with E-state index in [1.54, 1.807) is 6.07 Å². The van der Waals surface area contributed by atoms with Gasteiger partial charge in [0.25, 0.3) is 0 Å². The van der Waals surface area contributed by atoms with Crippen LogP contribution < -0.4 is 4.74 Å². The molecule has 2 rings (SSSR count). The van der Waals surface area contributed by atoms with Crippen LogP contribution >= 0.6 is 23.2 Å². The van der Waals surface area contributed by atoms with Crippen molar-refractivity contribution >= 4 is 23.2 Å². The second-order valence-corrected chi connectivity index (χ2v) is 5.48. The van der Waals surface area contributed by atoms with Gasteiger partial charge in [0.15, 0.2) is 0 Å². The lowest BCUT2D eigenvalue weighted by atomic mass is 9.89. The number of pyridine rings is 1. The zero-order valence-corrected chi connectivity index (χ0v) is 13.0.